The maximum atomic E-state index is 12.4. The van der Waals surface area contributed by atoms with Gasteiger partial charge in [0.2, 0.25) is 0 Å². The van der Waals surface area contributed by atoms with Gasteiger partial charge in [0.05, 0.1) is 0 Å². The van der Waals surface area contributed by atoms with Gasteiger partial charge in [-0.05, 0) is 33.2 Å². The van der Waals surface area contributed by atoms with Gasteiger partial charge in [-0.1, -0.05) is 13.0 Å². The molecule has 0 aromatic heterocycles. The van der Waals surface area contributed by atoms with Crippen LogP contribution < -0.4 is 10.6 Å². The van der Waals surface area contributed by atoms with E-state index in [-0.39, 0.29) is 18.5 Å². The number of hydrogen-bond donors (Lipinski definition) is 2. The quantitative estimate of drug-likeness (QED) is 0.679. The summed E-state index contributed by atoms with van der Waals surface area (Å²) < 4.78 is 5.16. The van der Waals surface area contributed by atoms with E-state index >= 15 is 0 Å². The smallest absolute Gasteiger partial charge is 0.305 e. The largest absolute Gasteiger partial charge is 0.461 e. The molecule has 0 aliphatic carbocycles. The summed E-state index contributed by atoms with van der Waals surface area (Å²) >= 11 is 0. The van der Waals surface area contributed by atoms with E-state index in [2.05, 4.69) is 10.6 Å². The Bertz CT molecular complexity index is 530. The first kappa shape index (κ1) is 19.0. The number of amides is 1. The Morgan fingerprint density at radius 3 is 2.57 bits per heavy atom. The first-order valence-corrected chi connectivity index (χ1v) is 7.93. The number of esters is 1. The lowest BCUT2D eigenvalue weighted by Gasteiger charge is -2.14. The predicted molar refractivity (Wildman–Crippen MR) is 91.6 cm³/mol. The van der Waals surface area contributed by atoms with Crippen molar-refractivity contribution >= 4 is 17.6 Å². The van der Waals surface area contributed by atoms with Crippen molar-refractivity contribution in [1.29, 1.82) is 0 Å². The molecule has 0 atom stereocenters. The Balaban J connectivity index is 2.86. The van der Waals surface area contributed by atoms with Crippen LogP contribution in [0.15, 0.2) is 18.2 Å². The van der Waals surface area contributed by atoms with Crippen molar-refractivity contribution in [2.75, 3.05) is 39.0 Å². The van der Waals surface area contributed by atoms with Gasteiger partial charge >= 0.3 is 5.97 Å². The van der Waals surface area contributed by atoms with E-state index in [4.69, 9.17) is 4.74 Å². The number of hydrogen-bond acceptors (Lipinski definition) is 5. The van der Waals surface area contributed by atoms with Gasteiger partial charge in [0.1, 0.15) is 6.61 Å². The molecule has 0 unspecified atom stereocenters. The molecule has 1 rings (SSSR count). The van der Waals surface area contributed by atoms with Gasteiger partial charge in [-0.3, -0.25) is 9.59 Å². The van der Waals surface area contributed by atoms with E-state index in [1.165, 1.54) is 0 Å². The van der Waals surface area contributed by atoms with E-state index in [1.54, 1.807) is 13.0 Å². The molecule has 6 heteroatoms. The Hall–Kier alpha value is -2.08. The van der Waals surface area contributed by atoms with E-state index in [1.807, 2.05) is 38.1 Å². The first-order valence-electron chi connectivity index (χ1n) is 7.93. The minimum Gasteiger partial charge on any atom is -0.461 e. The molecule has 0 bridgehead atoms. The lowest BCUT2D eigenvalue weighted by atomic mass is 10.1. The zero-order valence-electron chi connectivity index (χ0n) is 14.4. The number of likely N-dealkylation sites (N-methyl/N-ethyl adjacent to an activating group) is 1. The van der Waals surface area contributed by atoms with Crippen molar-refractivity contribution in [2.24, 2.45) is 0 Å². The summed E-state index contributed by atoms with van der Waals surface area (Å²) in [5.41, 5.74) is 2.11. The summed E-state index contributed by atoms with van der Waals surface area (Å²) in [5, 5.41) is 6.08. The van der Waals surface area contributed by atoms with Crippen molar-refractivity contribution in [3.8, 4) is 0 Å². The van der Waals surface area contributed by atoms with E-state index < -0.39 is 0 Å². The molecule has 2 N–H and O–H groups in total. The van der Waals surface area contributed by atoms with Crippen molar-refractivity contribution in [2.45, 2.75) is 26.9 Å². The van der Waals surface area contributed by atoms with E-state index in [9.17, 15) is 9.59 Å². The summed E-state index contributed by atoms with van der Waals surface area (Å²) in [7, 11) is 3.90. The van der Waals surface area contributed by atoms with Crippen LogP contribution in [0.25, 0.3) is 0 Å². The molecule has 128 valence electrons. The van der Waals surface area contributed by atoms with Crippen LogP contribution in [0.2, 0.25) is 0 Å². The Morgan fingerprint density at radius 2 is 1.96 bits per heavy atom. The zero-order valence-corrected chi connectivity index (χ0v) is 14.4. The van der Waals surface area contributed by atoms with Gasteiger partial charge < -0.3 is 20.3 Å². The normalized spacial score (nSPS) is 10.5. The number of rotatable bonds is 9. The van der Waals surface area contributed by atoms with E-state index in [0.717, 1.165) is 18.8 Å². The fraction of sp³-hybridized carbons (Fsp3) is 0.529. The molecular weight excluding hydrogens is 294 g/mol. The number of nitrogens with zero attached hydrogens (tertiary/aromatic N) is 1. The number of carbonyl (C=O) groups excluding carboxylic acids is 2. The summed E-state index contributed by atoms with van der Waals surface area (Å²) in [6.45, 7) is 5.94. The molecule has 1 amide bonds. The number of benzene rings is 1. The first-order chi connectivity index (χ1) is 11.0. The molecular formula is C17H27N3O3. The second kappa shape index (κ2) is 9.84. The molecule has 0 aliphatic rings. The van der Waals surface area contributed by atoms with Crippen LogP contribution in [-0.2, 0) is 16.1 Å². The molecule has 0 aliphatic heterocycles. The van der Waals surface area contributed by atoms with Crippen LogP contribution in [0, 0.1) is 0 Å². The van der Waals surface area contributed by atoms with Gasteiger partial charge in [-0.2, -0.15) is 0 Å². The van der Waals surface area contributed by atoms with Crippen molar-refractivity contribution in [3.63, 3.8) is 0 Å². The number of nitrogens with one attached hydrogen (secondary N) is 2. The van der Waals surface area contributed by atoms with Crippen molar-refractivity contribution in [1.82, 2.24) is 10.2 Å². The second-order valence-electron chi connectivity index (χ2n) is 5.48. The minimum absolute atomic E-state index is 0.107. The highest BCUT2D eigenvalue weighted by molar-refractivity contribution is 5.96. The molecule has 0 radical (unpaired) electrons. The van der Waals surface area contributed by atoms with Crippen LogP contribution >= 0.6 is 0 Å². The second-order valence-corrected chi connectivity index (χ2v) is 5.48. The topological polar surface area (TPSA) is 70.7 Å². The maximum Gasteiger partial charge on any atom is 0.305 e. The monoisotopic (exact) mass is 321 g/mol. The average Bonchev–Trinajstić information content (AvgIpc) is 2.53. The highest BCUT2D eigenvalue weighted by Gasteiger charge is 2.13. The van der Waals surface area contributed by atoms with E-state index in [0.29, 0.717) is 24.1 Å². The lowest BCUT2D eigenvalue weighted by molar-refractivity contribution is -0.144. The highest BCUT2D eigenvalue weighted by Crippen LogP contribution is 2.17. The van der Waals surface area contributed by atoms with Gasteiger partial charge in [-0.25, -0.2) is 0 Å². The Labute approximate surface area is 138 Å². The maximum absolute atomic E-state index is 12.4. The zero-order chi connectivity index (χ0) is 17.2. The summed E-state index contributed by atoms with van der Waals surface area (Å²) in [6, 6.07) is 5.50. The summed E-state index contributed by atoms with van der Waals surface area (Å²) in [5.74, 6) is -0.436. The van der Waals surface area contributed by atoms with Crippen LogP contribution in [0.1, 0.15) is 36.2 Å². The predicted octanol–water partition coefficient (Wildman–Crippen LogP) is 1.86. The molecule has 0 saturated carbocycles. The molecule has 0 fully saturated rings. The van der Waals surface area contributed by atoms with Crippen LogP contribution in [0.5, 0.6) is 0 Å². The highest BCUT2D eigenvalue weighted by atomic mass is 16.5. The van der Waals surface area contributed by atoms with Crippen LogP contribution in [-0.4, -0.2) is 50.5 Å². The van der Waals surface area contributed by atoms with Crippen LogP contribution in [0.3, 0.4) is 0 Å². The SMILES string of the molecule is CCNc1ccc(COC(=O)CC)c(C(=O)NCCN(C)C)c1. The Morgan fingerprint density at radius 1 is 1.22 bits per heavy atom. The summed E-state index contributed by atoms with van der Waals surface area (Å²) in [6.07, 6.45) is 0.319. The molecule has 1 aromatic rings. The van der Waals surface area contributed by atoms with Gasteiger partial charge in [0, 0.05) is 42.9 Å². The van der Waals surface area contributed by atoms with Crippen molar-refractivity contribution < 1.29 is 14.3 Å². The third-order valence-electron chi connectivity index (χ3n) is 3.26. The van der Waals surface area contributed by atoms with Crippen LogP contribution in [0.4, 0.5) is 5.69 Å². The van der Waals surface area contributed by atoms with Gasteiger partial charge in [0.25, 0.3) is 5.91 Å². The average molecular weight is 321 g/mol. The standard InChI is InChI=1S/C17H27N3O3/c1-5-16(21)23-12-13-7-8-14(18-6-2)11-15(13)17(22)19-9-10-20(3)4/h7-8,11,18H,5-6,9-10,12H2,1-4H3,(H,19,22). The fourth-order valence-electron chi connectivity index (χ4n) is 1.98. The number of carbonyl (C=O) groups is 2. The third kappa shape index (κ3) is 6.69. The number of anilines is 1. The molecule has 0 saturated heterocycles. The molecule has 6 nitrogen and oxygen atoms in total. The lowest BCUT2D eigenvalue weighted by Crippen LogP contribution is -2.32. The molecule has 0 heterocycles. The molecule has 1 aromatic carbocycles. The number of ether oxygens (including phenoxy) is 1. The van der Waals surface area contributed by atoms with Gasteiger partial charge in [-0.15, -0.1) is 0 Å². The molecule has 23 heavy (non-hydrogen) atoms. The van der Waals surface area contributed by atoms with Crippen molar-refractivity contribution in [3.05, 3.63) is 29.3 Å². The minimum atomic E-state index is -0.278. The third-order valence-corrected chi connectivity index (χ3v) is 3.26. The fourth-order valence-corrected chi connectivity index (χ4v) is 1.98. The summed E-state index contributed by atoms with van der Waals surface area (Å²) in [4.78, 5) is 25.8. The Kier molecular flexibility index (Phi) is 8.11. The molecule has 0 spiro atoms. The van der Waals surface area contributed by atoms with Gasteiger partial charge in [0.15, 0.2) is 0 Å².